The van der Waals surface area contributed by atoms with Gasteiger partial charge in [-0.15, -0.1) is 0 Å². The Morgan fingerprint density at radius 3 is 1.10 bits per heavy atom. The molecule has 0 N–H and O–H groups in total. The molecule has 296 valence electrons. The number of hydrogen-bond acceptors (Lipinski definition) is 1. The van der Waals surface area contributed by atoms with Crippen molar-refractivity contribution in [1.29, 1.82) is 0 Å². The summed E-state index contributed by atoms with van der Waals surface area (Å²) in [6.07, 6.45) is 0. The summed E-state index contributed by atoms with van der Waals surface area (Å²) in [7, 11) is 0. The lowest BCUT2D eigenvalue weighted by molar-refractivity contribution is 0.768. The Hall–Kier alpha value is -8.00. The first-order chi connectivity index (χ1) is 31.3. The number of hydrogen-bond donors (Lipinski definition) is 0. The van der Waals surface area contributed by atoms with Gasteiger partial charge in [-0.3, -0.25) is 0 Å². The molecule has 2 aliphatic rings. The first-order valence-corrected chi connectivity index (χ1v) is 21.9. The minimum absolute atomic E-state index is 0.473. The van der Waals surface area contributed by atoms with E-state index in [-0.39, 0.29) is 0 Å². The van der Waals surface area contributed by atoms with E-state index in [9.17, 15) is 0 Å². The van der Waals surface area contributed by atoms with Crippen LogP contribution in [0.2, 0.25) is 0 Å². The summed E-state index contributed by atoms with van der Waals surface area (Å²) in [6, 6.07) is 96.4. The maximum absolute atomic E-state index is 2.47. The minimum atomic E-state index is -0.519. The van der Waals surface area contributed by atoms with E-state index >= 15 is 0 Å². The average Bonchev–Trinajstić information content (AvgIpc) is 3.84. The molecule has 0 aromatic heterocycles. The van der Waals surface area contributed by atoms with Gasteiger partial charge in [0.2, 0.25) is 0 Å². The van der Waals surface area contributed by atoms with Gasteiger partial charge in [0.25, 0.3) is 0 Å². The Balaban J connectivity index is 1.11. The number of rotatable bonds is 8. The van der Waals surface area contributed by atoms with E-state index in [1.165, 1.54) is 77.9 Å². The normalized spacial score (nSPS) is 13.7. The highest BCUT2D eigenvalue weighted by molar-refractivity contribution is 5.93. The van der Waals surface area contributed by atoms with E-state index in [4.69, 9.17) is 0 Å². The number of nitrogens with zero attached hydrogens (tertiary/aromatic N) is 1. The summed E-state index contributed by atoms with van der Waals surface area (Å²) in [6.45, 7) is 0. The van der Waals surface area contributed by atoms with Crippen molar-refractivity contribution in [1.82, 2.24) is 0 Å². The van der Waals surface area contributed by atoms with Crippen LogP contribution >= 0.6 is 0 Å². The molecule has 1 nitrogen and oxygen atoms in total. The molecule has 12 rings (SSSR count). The first kappa shape index (κ1) is 36.8. The molecular formula is C62H43N. The molecule has 0 aliphatic heterocycles. The van der Waals surface area contributed by atoms with Gasteiger partial charge < -0.3 is 4.90 Å². The predicted octanol–water partition coefficient (Wildman–Crippen LogP) is 15.5. The minimum Gasteiger partial charge on any atom is -0.310 e. The van der Waals surface area contributed by atoms with Gasteiger partial charge in [-0.2, -0.15) is 0 Å². The van der Waals surface area contributed by atoms with E-state index in [0.717, 1.165) is 17.1 Å². The molecule has 0 fully saturated rings. The van der Waals surface area contributed by atoms with E-state index < -0.39 is 10.8 Å². The van der Waals surface area contributed by atoms with Gasteiger partial charge in [-0.05, 0) is 114 Å². The predicted molar refractivity (Wildman–Crippen MR) is 261 cm³/mol. The molecule has 2 aliphatic carbocycles. The van der Waals surface area contributed by atoms with Crippen molar-refractivity contribution in [3.8, 4) is 33.4 Å². The monoisotopic (exact) mass is 801 g/mol. The SMILES string of the molecule is c1ccc(-c2ccc(N(c3ccc4c(c3)-c3ccccc3C4(c3ccccc3)c3ccccc3)c3ccc4c(c3)C(c3ccccc3)(c3ccccc3)c3ccccc3-4)cc2)cc1. The third-order valence-corrected chi connectivity index (χ3v) is 13.6. The molecule has 0 bridgehead atoms. The summed E-state index contributed by atoms with van der Waals surface area (Å²) < 4.78 is 0. The zero-order valence-electron chi connectivity index (χ0n) is 34.8. The fraction of sp³-hybridized carbons (Fsp3) is 0.0323. The molecular weight excluding hydrogens is 759 g/mol. The van der Waals surface area contributed by atoms with Gasteiger partial charge in [-0.1, -0.05) is 224 Å². The van der Waals surface area contributed by atoms with Crippen LogP contribution in [0, 0.1) is 0 Å². The van der Waals surface area contributed by atoms with E-state index in [0.29, 0.717) is 0 Å². The number of anilines is 3. The van der Waals surface area contributed by atoms with Crippen molar-refractivity contribution in [2.75, 3.05) is 4.90 Å². The first-order valence-electron chi connectivity index (χ1n) is 21.9. The highest BCUT2D eigenvalue weighted by Gasteiger charge is 2.48. The Labute approximate surface area is 369 Å². The molecule has 0 atom stereocenters. The van der Waals surface area contributed by atoms with Crippen LogP contribution in [0.5, 0.6) is 0 Å². The maximum Gasteiger partial charge on any atom is 0.0714 e. The lowest BCUT2D eigenvalue weighted by Crippen LogP contribution is -2.28. The summed E-state index contributed by atoms with van der Waals surface area (Å²) >= 11 is 0. The molecule has 0 radical (unpaired) electrons. The molecule has 10 aromatic carbocycles. The fourth-order valence-electron chi connectivity index (χ4n) is 11.0. The summed E-state index contributed by atoms with van der Waals surface area (Å²) in [4.78, 5) is 2.46. The van der Waals surface area contributed by atoms with Gasteiger partial charge in [0.1, 0.15) is 0 Å². The second-order valence-electron chi connectivity index (χ2n) is 16.8. The molecule has 10 aromatic rings. The Bertz CT molecular complexity index is 3170. The van der Waals surface area contributed by atoms with Crippen LogP contribution in [0.15, 0.2) is 261 Å². The van der Waals surface area contributed by atoms with E-state index in [1.54, 1.807) is 0 Å². The lowest BCUT2D eigenvalue weighted by Gasteiger charge is -2.35. The van der Waals surface area contributed by atoms with Crippen LogP contribution in [-0.2, 0) is 10.8 Å². The van der Waals surface area contributed by atoms with Crippen LogP contribution in [0.25, 0.3) is 33.4 Å². The largest absolute Gasteiger partial charge is 0.310 e. The summed E-state index contributed by atoms with van der Waals surface area (Å²) in [5, 5.41) is 0. The smallest absolute Gasteiger partial charge is 0.0714 e. The van der Waals surface area contributed by atoms with Gasteiger partial charge in [-0.25, -0.2) is 0 Å². The summed E-state index contributed by atoms with van der Waals surface area (Å²) in [5.74, 6) is 0. The Kier molecular flexibility index (Phi) is 8.69. The fourth-order valence-corrected chi connectivity index (χ4v) is 11.0. The van der Waals surface area contributed by atoms with Crippen molar-refractivity contribution in [3.05, 3.63) is 305 Å². The maximum atomic E-state index is 2.47. The Morgan fingerprint density at radius 2 is 0.571 bits per heavy atom. The Morgan fingerprint density at radius 1 is 0.222 bits per heavy atom. The molecule has 0 unspecified atom stereocenters. The van der Waals surface area contributed by atoms with Gasteiger partial charge in [0.15, 0.2) is 0 Å². The highest BCUT2D eigenvalue weighted by Crippen LogP contribution is 2.59. The third-order valence-electron chi connectivity index (χ3n) is 13.6. The van der Waals surface area contributed by atoms with Crippen molar-refractivity contribution in [2.45, 2.75) is 10.8 Å². The van der Waals surface area contributed by atoms with E-state index in [2.05, 4.69) is 266 Å². The molecule has 0 saturated carbocycles. The van der Waals surface area contributed by atoms with Crippen LogP contribution in [0.3, 0.4) is 0 Å². The van der Waals surface area contributed by atoms with Crippen molar-refractivity contribution in [2.24, 2.45) is 0 Å². The lowest BCUT2D eigenvalue weighted by atomic mass is 9.67. The topological polar surface area (TPSA) is 3.24 Å². The number of benzene rings is 10. The van der Waals surface area contributed by atoms with Gasteiger partial charge in [0.05, 0.1) is 10.8 Å². The molecule has 0 spiro atoms. The van der Waals surface area contributed by atoms with Gasteiger partial charge >= 0.3 is 0 Å². The van der Waals surface area contributed by atoms with Gasteiger partial charge in [0, 0.05) is 17.1 Å². The van der Waals surface area contributed by atoms with Crippen LogP contribution in [0.1, 0.15) is 44.5 Å². The molecule has 0 heterocycles. The molecule has 1 heteroatoms. The average molecular weight is 802 g/mol. The molecule has 63 heavy (non-hydrogen) atoms. The summed E-state index contributed by atoms with van der Waals surface area (Å²) in [5.41, 5.74) is 20.0. The second-order valence-corrected chi connectivity index (χ2v) is 16.8. The molecule has 0 amide bonds. The van der Waals surface area contributed by atoms with Crippen LogP contribution in [-0.4, -0.2) is 0 Å². The second kappa shape index (κ2) is 14.9. The third kappa shape index (κ3) is 5.56. The van der Waals surface area contributed by atoms with Crippen LogP contribution in [0.4, 0.5) is 17.1 Å². The van der Waals surface area contributed by atoms with Crippen molar-refractivity contribution < 1.29 is 0 Å². The zero-order chi connectivity index (χ0) is 41.8. The van der Waals surface area contributed by atoms with Crippen molar-refractivity contribution in [3.63, 3.8) is 0 Å². The zero-order valence-corrected chi connectivity index (χ0v) is 34.8. The highest BCUT2D eigenvalue weighted by atomic mass is 15.1. The number of fused-ring (bicyclic) bond motifs is 6. The van der Waals surface area contributed by atoms with Crippen molar-refractivity contribution >= 4 is 17.1 Å². The van der Waals surface area contributed by atoms with E-state index in [1.807, 2.05) is 0 Å². The van der Waals surface area contributed by atoms with Crippen LogP contribution < -0.4 is 4.90 Å². The quantitative estimate of drug-likeness (QED) is 0.148. The standard InChI is InChI=1S/C62H43N/c1-6-20-44(21-7-1)45-34-36-50(37-35-45)63(51-39-41-59-56(42-51)54-31-17-19-33-58(54)61(59,46-22-8-2-9-23-46)47-24-10-3-11-25-47)52-38-40-55-53-30-16-18-32-57(53)62(60(55)43-52,48-26-12-4-13-27-48)49-28-14-5-15-29-49/h1-43H. The molecule has 0 saturated heterocycles.